The molecule has 1 aliphatic heterocycles. The van der Waals surface area contributed by atoms with Crippen LogP contribution in [0.5, 0.6) is 0 Å². The molecule has 18 heavy (non-hydrogen) atoms. The highest BCUT2D eigenvalue weighted by Crippen LogP contribution is 2.08. The summed E-state index contributed by atoms with van der Waals surface area (Å²) < 4.78 is 4.74. The number of aliphatic imine (C=N–C) groups is 1. The molecule has 0 bridgehead atoms. The molecular formula is C12H17N3O3. The number of nitrogens with zero attached hydrogens (tertiary/aromatic N) is 2. The van der Waals surface area contributed by atoms with Gasteiger partial charge in [-0.25, -0.2) is 0 Å². The lowest BCUT2D eigenvalue weighted by atomic mass is 10.2. The number of ether oxygens (including phenoxy) is 1. The van der Waals surface area contributed by atoms with Crippen molar-refractivity contribution < 1.29 is 14.6 Å². The van der Waals surface area contributed by atoms with Gasteiger partial charge in [-0.3, -0.25) is 9.79 Å². The van der Waals surface area contributed by atoms with E-state index in [9.17, 15) is 9.90 Å². The lowest BCUT2D eigenvalue weighted by Crippen LogP contribution is -2.32. The minimum Gasteiger partial charge on any atom is -0.480 e. The first-order valence-electron chi connectivity index (χ1n) is 5.99. The summed E-state index contributed by atoms with van der Waals surface area (Å²) >= 11 is 0. The van der Waals surface area contributed by atoms with Gasteiger partial charge in [0.05, 0.1) is 6.61 Å². The molecule has 0 aromatic rings. The molecular weight excluding hydrogens is 234 g/mol. The van der Waals surface area contributed by atoms with Crippen LogP contribution in [-0.2, 0) is 9.53 Å². The van der Waals surface area contributed by atoms with Gasteiger partial charge in [-0.1, -0.05) is 6.42 Å². The molecule has 0 unspecified atom stereocenters. The standard InChI is InChI=1S/C12H17N3O3/c1-2-18-12(17)9(8-13)11(16)15-10-6-4-3-5-7-14-10/h17H,2-7H2,1H3,(H,14,15,16). The molecule has 1 aliphatic rings. The van der Waals surface area contributed by atoms with Crippen LogP contribution in [0.15, 0.2) is 16.5 Å². The fraction of sp³-hybridized carbons (Fsp3) is 0.583. The summed E-state index contributed by atoms with van der Waals surface area (Å²) in [4.78, 5) is 16.0. The zero-order valence-corrected chi connectivity index (χ0v) is 10.4. The number of carbonyl (C=O) groups is 1. The molecule has 0 fully saturated rings. The third-order valence-corrected chi connectivity index (χ3v) is 2.47. The molecule has 0 atom stereocenters. The maximum absolute atomic E-state index is 11.8. The number of nitriles is 1. The van der Waals surface area contributed by atoms with Crippen LogP contribution in [0.4, 0.5) is 0 Å². The first-order chi connectivity index (χ1) is 8.69. The molecule has 0 aromatic heterocycles. The SMILES string of the molecule is CCOC(O)=C(C#N)C(=O)NC1=NCCCCC1. The third-order valence-electron chi connectivity index (χ3n) is 2.47. The third kappa shape index (κ3) is 4.09. The second-order valence-corrected chi connectivity index (χ2v) is 3.82. The zero-order chi connectivity index (χ0) is 13.4. The Hall–Kier alpha value is -2.03. The smallest absolute Gasteiger partial charge is 0.301 e. The van der Waals surface area contributed by atoms with Crippen LogP contribution < -0.4 is 5.32 Å². The van der Waals surface area contributed by atoms with E-state index < -0.39 is 17.4 Å². The Morgan fingerprint density at radius 1 is 1.56 bits per heavy atom. The van der Waals surface area contributed by atoms with Crippen molar-refractivity contribution in [3.05, 3.63) is 11.5 Å². The number of aliphatic hydroxyl groups is 1. The topological polar surface area (TPSA) is 94.7 Å². The Labute approximate surface area is 106 Å². The van der Waals surface area contributed by atoms with E-state index in [0.29, 0.717) is 18.8 Å². The minimum absolute atomic E-state index is 0.186. The molecule has 6 heteroatoms. The number of carbonyl (C=O) groups excluding carboxylic acids is 1. The van der Waals surface area contributed by atoms with Gasteiger partial charge < -0.3 is 15.2 Å². The van der Waals surface area contributed by atoms with Gasteiger partial charge >= 0.3 is 5.95 Å². The number of aliphatic hydroxyl groups excluding tert-OH is 1. The highest BCUT2D eigenvalue weighted by atomic mass is 16.6. The van der Waals surface area contributed by atoms with Crippen molar-refractivity contribution in [3.8, 4) is 6.07 Å². The highest BCUT2D eigenvalue weighted by Gasteiger charge is 2.18. The predicted molar refractivity (Wildman–Crippen MR) is 65.8 cm³/mol. The fourth-order valence-electron chi connectivity index (χ4n) is 1.57. The second kappa shape index (κ2) is 7.33. The predicted octanol–water partition coefficient (Wildman–Crippen LogP) is 1.40. The first kappa shape index (κ1) is 14.0. The van der Waals surface area contributed by atoms with Crippen LogP contribution in [0.1, 0.15) is 32.6 Å². The van der Waals surface area contributed by atoms with E-state index in [1.54, 1.807) is 13.0 Å². The average molecular weight is 251 g/mol. The van der Waals surface area contributed by atoms with Crippen LogP contribution in [-0.4, -0.2) is 30.0 Å². The molecule has 0 radical (unpaired) electrons. The normalized spacial score (nSPS) is 16.8. The minimum atomic E-state index is -0.677. The molecule has 0 aliphatic carbocycles. The number of amidine groups is 1. The molecule has 0 spiro atoms. The largest absolute Gasteiger partial charge is 0.480 e. The maximum Gasteiger partial charge on any atom is 0.301 e. The molecule has 0 aromatic carbocycles. The summed E-state index contributed by atoms with van der Waals surface area (Å²) in [7, 11) is 0. The van der Waals surface area contributed by atoms with Crippen molar-refractivity contribution in [3.63, 3.8) is 0 Å². The molecule has 0 saturated heterocycles. The summed E-state index contributed by atoms with van der Waals surface area (Å²) in [5.41, 5.74) is -0.427. The van der Waals surface area contributed by atoms with Gasteiger partial charge in [0, 0.05) is 13.0 Å². The fourth-order valence-corrected chi connectivity index (χ4v) is 1.57. The van der Waals surface area contributed by atoms with Crippen molar-refractivity contribution >= 4 is 11.7 Å². The zero-order valence-electron chi connectivity index (χ0n) is 10.4. The quantitative estimate of drug-likeness (QED) is 0.450. The molecule has 1 amide bonds. The Morgan fingerprint density at radius 2 is 2.33 bits per heavy atom. The van der Waals surface area contributed by atoms with Crippen LogP contribution in [0.25, 0.3) is 0 Å². The Morgan fingerprint density at radius 3 is 3.00 bits per heavy atom. The van der Waals surface area contributed by atoms with E-state index in [2.05, 4.69) is 10.3 Å². The molecule has 6 nitrogen and oxygen atoms in total. The highest BCUT2D eigenvalue weighted by molar-refractivity contribution is 6.08. The Kier molecular flexibility index (Phi) is 5.71. The van der Waals surface area contributed by atoms with Crippen LogP contribution >= 0.6 is 0 Å². The molecule has 2 N–H and O–H groups in total. The van der Waals surface area contributed by atoms with Gasteiger partial charge in [-0.2, -0.15) is 5.26 Å². The van der Waals surface area contributed by atoms with Crippen molar-refractivity contribution in [2.24, 2.45) is 4.99 Å². The van der Waals surface area contributed by atoms with E-state index in [0.717, 1.165) is 19.3 Å². The summed E-state index contributed by atoms with van der Waals surface area (Å²) in [6.07, 6.45) is 3.72. The number of rotatable bonds is 3. The molecule has 0 saturated carbocycles. The Balaban J connectivity index is 2.71. The Bertz CT molecular complexity index is 407. The molecule has 1 heterocycles. The number of hydrogen-bond donors (Lipinski definition) is 2. The van der Waals surface area contributed by atoms with Gasteiger partial charge in [0.1, 0.15) is 11.9 Å². The van der Waals surface area contributed by atoms with Gasteiger partial charge in [-0.05, 0) is 19.8 Å². The van der Waals surface area contributed by atoms with E-state index >= 15 is 0 Å². The van der Waals surface area contributed by atoms with Crippen molar-refractivity contribution in [2.45, 2.75) is 32.6 Å². The first-order valence-corrected chi connectivity index (χ1v) is 5.99. The monoisotopic (exact) mass is 251 g/mol. The van der Waals surface area contributed by atoms with Crippen molar-refractivity contribution in [1.82, 2.24) is 5.32 Å². The maximum atomic E-state index is 11.8. The van der Waals surface area contributed by atoms with Gasteiger partial charge in [0.2, 0.25) is 0 Å². The van der Waals surface area contributed by atoms with E-state index in [-0.39, 0.29) is 6.61 Å². The van der Waals surface area contributed by atoms with Crippen LogP contribution in [0, 0.1) is 11.3 Å². The van der Waals surface area contributed by atoms with E-state index in [1.807, 2.05) is 0 Å². The van der Waals surface area contributed by atoms with Gasteiger partial charge in [-0.15, -0.1) is 0 Å². The van der Waals surface area contributed by atoms with E-state index in [1.165, 1.54) is 0 Å². The van der Waals surface area contributed by atoms with Crippen molar-refractivity contribution in [1.29, 1.82) is 5.26 Å². The number of hydrogen-bond acceptors (Lipinski definition) is 5. The average Bonchev–Trinajstić information content (AvgIpc) is 2.59. The van der Waals surface area contributed by atoms with Crippen LogP contribution in [0.3, 0.4) is 0 Å². The van der Waals surface area contributed by atoms with Gasteiger partial charge in [0.25, 0.3) is 5.91 Å². The molecule has 1 rings (SSSR count). The second-order valence-electron chi connectivity index (χ2n) is 3.82. The summed E-state index contributed by atoms with van der Waals surface area (Å²) in [5, 5.41) is 20.8. The number of nitrogens with one attached hydrogen (secondary N) is 1. The van der Waals surface area contributed by atoms with Gasteiger partial charge in [0.15, 0.2) is 5.57 Å². The molecule has 98 valence electrons. The lowest BCUT2D eigenvalue weighted by Gasteiger charge is -2.07. The number of amides is 1. The van der Waals surface area contributed by atoms with Crippen LogP contribution in [0.2, 0.25) is 0 Å². The summed E-state index contributed by atoms with van der Waals surface area (Å²) in [6, 6.07) is 1.63. The summed E-state index contributed by atoms with van der Waals surface area (Å²) in [5.74, 6) is -0.759. The van der Waals surface area contributed by atoms with Crippen molar-refractivity contribution in [2.75, 3.05) is 13.2 Å². The summed E-state index contributed by atoms with van der Waals surface area (Å²) in [6.45, 7) is 2.52. The van der Waals surface area contributed by atoms with E-state index in [4.69, 9.17) is 10.00 Å². The lowest BCUT2D eigenvalue weighted by molar-refractivity contribution is -0.116.